The minimum absolute atomic E-state index is 0. The van der Waals surface area contributed by atoms with Crippen LogP contribution < -0.4 is 0 Å². The molecule has 0 aliphatic rings. The van der Waals surface area contributed by atoms with Crippen molar-refractivity contribution in [3.8, 4) is 0 Å². The van der Waals surface area contributed by atoms with Crippen molar-refractivity contribution in [1.82, 2.24) is 0 Å². The molecule has 15 heteroatoms. The van der Waals surface area contributed by atoms with Gasteiger partial charge in [-0.3, -0.25) is 0 Å². The third-order valence-electron chi connectivity index (χ3n) is 0.542. The van der Waals surface area contributed by atoms with E-state index in [9.17, 15) is 33.7 Å². The van der Waals surface area contributed by atoms with Gasteiger partial charge in [0.25, 0.3) is 0 Å². The van der Waals surface area contributed by atoms with Crippen molar-refractivity contribution in [3.05, 3.63) is 8.25 Å². The predicted octanol–water partition coefficient (Wildman–Crippen LogP) is -1.82. The van der Waals surface area contributed by atoms with Gasteiger partial charge < -0.3 is 8.25 Å². The second-order valence-electron chi connectivity index (χ2n) is 3.08. The van der Waals surface area contributed by atoms with Gasteiger partial charge in [0.05, 0.1) is 40.1 Å². The molecule has 10 nitrogen and oxygen atoms in total. The van der Waals surface area contributed by atoms with Crippen LogP contribution in [0.5, 0.6) is 0 Å². The van der Waals surface area contributed by atoms with E-state index in [0.717, 1.165) is 0 Å². The Kier molecular flexibility index (Phi) is 10.4. The van der Waals surface area contributed by atoms with Crippen molar-refractivity contribution in [2.75, 3.05) is 25.0 Å². The maximum Gasteiger partial charge on any atom is 2.00 e. The Hall–Kier alpha value is 0.486. The van der Waals surface area contributed by atoms with Gasteiger partial charge in [-0.05, 0) is 0 Å². The van der Waals surface area contributed by atoms with E-state index in [4.69, 9.17) is 0 Å². The molecule has 0 N–H and O–H groups in total. The molecule has 0 spiro atoms. The first-order chi connectivity index (χ1) is 7.41. The van der Waals surface area contributed by atoms with E-state index in [1.165, 1.54) is 0 Å². The Morgan fingerprint density at radius 2 is 0.579 bits per heavy atom. The van der Waals surface area contributed by atoms with Crippen molar-refractivity contribution in [2.45, 2.75) is 0 Å². The van der Waals surface area contributed by atoms with Crippen molar-refractivity contribution in [2.24, 2.45) is 0 Å². The fourth-order valence-electron chi connectivity index (χ4n) is 0.492. The number of nitrogens with zero attached hydrogens (tertiary/aromatic N) is 2. The Labute approximate surface area is 129 Å². The number of hydrogen-bond donors (Lipinski definition) is 0. The van der Waals surface area contributed by atoms with E-state index >= 15 is 0 Å². The van der Waals surface area contributed by atoms with Gasteiger partial charge in [-0.25, -0.2) is 33.7 Å². The molecule has 0 radical (unpaired) electrons. The van der Waals surface area contributed by atoms with Crippen molar-refractivity contribution in [1.29, 1.82) is 0 Å². The molecule has 0 saturated heterocycles. The fraction of sp³-hybridized carbons (Fsp3) is 1.00. The van der Waals surface area contributed by atoms with Crippen LogP contribution in [0.4, 0.5) is 0 Å². The van der Waals surface area contributed by atoms with E-state index in [1.54, 1.807) is 0 Å². The SMILES string of the molecule is CS(=O)(=O)[N-]S(C)(=O)=O.CS(=O)(=O)[N-]S(C)(=O)=O.[Mg+2]. The summed E-state index contributed by atoms with van der Waals surface area (Å²) in [6.07, 6.45) is 2.87. The third-order valence-corrected chi connectivity index (χ3v) is 4.87. The molecule has 0 fully saturated rings. The zero-order valence-electron chi connectivity index (χ0n) is 10.5. The monoisotopic (exact) mass is 368 g/mol. The van der Waals surface area contributed by atoms with E-state index in [0.29, 0.717) is 25.0 Å². The van der Waals surface area contributed by atoms with Crippen LogP contribution in [0.25, 0.3) is 8.25 Å². The number of rotatable bonds is 4. The van der Waals surface area contributed by atoms with Gasteiger partial charge in [0, 0.05) is 25.0 Å². The van der Waals surface area contributed by atoms with Gasteiger partial charge in [-0.1, -0.05) is 0 Å². The fourth-order valence-corrected chi connectivity index (χ4v) is 4.43. The molecule has 0 aromatic heterocycles. The molecule has 0 rings (SSSR count). The molecule has 0 aliphatic carbocycles. The quantitative estimate of drug-likeness (QED) is 0.523. The van der Waals surface area contributed by atoms with E-state index < -0.39 is 40.1 Å². The molecular formula is C4H12MgN2O8S4. The zero-order chi connectivity index (χ0) is 15.4. The second kappa shape index (κ2) is 8.06. The van der Waals surface area contributed by atoms with Crippen LogP contribution in [0.3, 0.4) is 0 Å². The molecule has 0 atom stereocenters. The summed E-state index contributed by atoms with van der Waals surface area (Å²) < 4.78 is 85.8. The largest absolute Gasteiger partial charge is 2.00 e. The Bertz CT molecular complexity index is 551. The predicted molar refractivity (Wildman–Crippen MR) is 71.8 cm³/mol. The van der Waals surface area contributed by atoms with Gasteiger partial charge in [-0.2, -0.15) is 0 Å². The maximum atomic E-state index is 10.1. The molecule has 0 aromatic rings. The van der Waals surface area contributed by atoms with Gasteiger partial charge in [0.2, 0.25) is 0 Å². The molecule has 0 heterocycles. The van der Waals surface area contributed by atoms with Gasteiger partial charge >= 0.3 is 23.1 Å². The molecule has 19 heavy (non-hydrogen) atoms. The summed E-state index contributed by atoms with van der Waals surface area (Å²) >= 11 is 0. The minimum Gasteiger partial charge on any atom is -0.437 e. The van der Waals surface area contributed by atoms with Crippen LogP contribution in [0, 0.1) is 0 Å². The van der Waals surface area contributed by atoms with Crippen LogP contribution in [0.1, 0.15) is 0 Å². The summed E-state index contributed by atoms with van der Waals surface area (Å²) in [7, 11) is -15.0. The topological polar surface area (TPSA) is 165 Å². The molecule has 0 aromatic carbocycles. The molecule has 0 unspecified atom stereocenters. The number of sulfonamides is 4. The molecule has 0 aliphatic heterocycles. The summed E-state index contributed by atoms with van der Waals surface area (Å²) in [6, 6.07) is 0. The van der Waals surface area contributed by atoms with Gasteiger partial charge in [0.15, 0.2) is 0 Å². The van der Waals surface area contributed by atoms with Crippen molar-refractivity contribution < 1.29 is 33.7 Å². The van der Waals surface area contributed by atoms with Crippen LogP contribution in [-0.2, 0) is 40.1 Å². The smallest absolute Gasteiger partial charge is 0.437 e. The Morgan fingerprint density at radius 3 is 0.579 bits per heavy atom. The zero-order valence-corrected chi connectivity index (χ0v) is 15.2. The average Bonchev–Trinajstić information content (AvgIpc) is 1.64. The van der Waals surface area contributed by atoms with Gasteiger partial charge in [-0.15, -0.1) is 0 Å². The molecular weight excluding hydrogens is 357 g/mol. The van der Waals surface area contributed by atoms with E-state index in [-0.39, 0.29) is 23.1 Å². The van der Waals surface area contributed by atoms with Crippen LogP contribution >= 0.6 is 0 Å². The first-order valence-electron chi connectivity index (χ1n) is 3.70. The molecule has 0 saturated carbocycles. The standard InChI is InChI=1S/2C2H6NO4S2.Mg/c2*1-8(4,5)3-9(2,6)7;/h2*1-2H3;/q2*-1;+2. The first-order valence-corrected chi connectivity index (χ1v) is 11.1. The van der Waals surface area contributed by atoms with E-state index in [2.05, 4.69) is 8.25 Å². The third kappa shape index (κ3) is 32.2. The minimum atomic E-state index is -3.74. The van der Waals surface area contributed by atoms with Crippen LogP contribution in [0.15, 0.2) is 0 Å². The van der Waals surface area contributed by atoms with Gasteiger partial charge in [0.1, 0.15) is 0 Å². The summed E-state index contributed by atoms with van der Waals surface area (Å²) in [5, 5.41) is 0. The normalized spacial score (nSPS) is 12.8. The average molecular weight is 369 g/mol. The Balaban J connectivity index is -0.000000256. The van der Waals surface area contributed by atoms with Crippen molar-refractivity contribution in [3.63, 3.8) is 0 Å². The van der Waals surface area contributed by atoms with Crippen molar-refractivity contribution >= 4 is 63.1 Å². The summed E-state index contributed by atoms with van der Waals surface area (Å²) in [6.45, 7) is 0. The second-order valence-corrected chi connectivity index (χ2v) is 10.1. The summed E-state index contributed by atoms with van der Waals surface area (Å²) in [4.78, 5) is 0. The van der Waals surface area contributed by atoms with E-state index in [1.807, 2.05) is 0 Å². The van der Waals surface area contributed by atoms with Crippen LogP contribution in [0.2, 0.25) is 0 Å². The molecule has 0 bridgehead atoms. The molecule has 0 amide bonds. The van der Waals surface area contributed by atoms with Crippen LogP contribution in [-0.4, -0.2) is 81.7 Å². The summed E-state index contributed by atoms with van der Waals surface area (Å²) in [5.41, 5.74) is 0. The Morgan fingerprint density at radius 1 is 0.474 bits per heavy atom. The number of hydrogen-bond acceptors (Lipinski definition) is 8. The molecule has 112 valence electrons. The maximum absolute atomic E-state index is 10.1. The first kappa shape index (κ1) is 24.5. The summed E-state index contributed by atoms with van der Waals surface area (Å²) in [5.74, 6) is 0.